The molecule has 0 radical (unpaired) electrons. The molecule has 3 unspecified atom stereocenters. The molecule has 0 amide bonds. The summed E-state index contributed by atoms with van der Waals surface area (Å²) in [7, 11) is 2.86. The number of ether oxygens (including phenoxy) is 9. The first-order chi connectivity index (χ1) is 20.3. The summed E-state index contributed by atoms with van der Waals surface area (Å²) in [6.07, 6.45) is -6.80. The topological polar surface area (TPSA) is 161 Å². The van der Waals surface area contributed by atoms with Crippen molar-refractivity contribution in [3.8, 4) is 28.7 Å². The van der Waals surface area contributed by atoms with Gasteiger partial charge in [-0.3, -0.25) is 4.79 Å². The summed E-state index contributed by atoms with van der Waals surface area (Å²) >= 11 is 0. The molecule has 0 aromatic heterocycles. The van der Waals surface area contributed by atoms with Crippen LogP contribution in [0.1, 0.15) is 35.6 Å². The number of carbonyl (C=O) groups excluding carboxylic acids is 1. The minimum Gasteiger partial charge on any atom is -0.502 e. The summed E-state index contributed by atoms with van der Waals surface area (Å²) in [4.78, 5) is 13.4. The molecule has 4 aliphatic heterocycles. The van der Waals surface area contributed by atoms with Gasteiger partial charge in [0, 0.05) is 11.8 Å². The number of esters is 1. The van der Waals surface area contributed by atoms with E-state index in [-0.39, 0.29) is 37.3 Å². The molecule has 42 heavy (non-hydrogen) atoms. The lowest BCUT2D eigenvalue weighted by Gasteiger charge is -2.47. The predicted octanol–water partition coefficient (Wildman–Crippen LogP) is 1.34. The molecule has 5 aliphatic rings. The number of fused-ring (bicyclic) bond motifs is 4. The average Bonchev–Trinajstić information content (AvgIpc) is 3.61. The second-order valence-electron chi connectivity index (χ2n) is 11.0. The van der Waals surface area contributed by atoms with Gasteiger partial charge in [0.15, 0.2) is 35.6 Å². The molecule has 2 aromatic rings. The van der Waals surface area contributed by atoms with Gasteiger partial charge in [-0.1, -0.05) is 0 Å². The number of aliphatic hydroxyl groups excluding tert-OH is 2. The van der Waals surface area contributed by atoms with Gasteiger partial charge in [0.05, 0.1) is 39.5 Å². The Kier molecular flexibility index (Phi) is 6.83. The SMILES string of the molecule is COc1cc([C@@H]2c3cc4c(cc3[C@@H](O[C@@H]3O[C@@H]5COC(C)O[C@@H]5[C@H](O)[C@H]3O)C3COC(=O)C32)OCO4)cc(OC)c1O. The molecule has 7 rings (SSSR count). The number of carbonyl (C=O) groups is 1. The number of phenols is 1. The molecule has 3 saturated heterocycles. The van der Waals surface area contributed by atoms with Crippen LogP contribution in [0.3, 0.4) is 0 Å². The van der Waals surface area contributed by atoms with E-state index in [1.54, 1.807) is 31.2 Å². The fourth-order valence-electron chi connectivity index (χ4n) is 6.74. The lowest BCUT2D eigenvalue weighted by Crippen LogP contribution is -2.63. The van der Waals surface area contributed by atoms with Crippen molar-refractivity contribution in [2.24, 2.45) is 11.8 Å². The molecule has 0 saturated carbocycles. The van der Waals surface area contributed by atoms with E-state index in [9.17, 15) is 20.1 Å². The number of hydrogen-bond donors (Lipinski definition) is 3. The van der Waals surface area contributed by atoms with Crippen LogP contribution in [0.5, 0.6) is 28.7 Å². The maximum atomic E-state index is 13.4. The number of cyclic esters (lactones) is 1. The van der Waals surface area contributed by atoms with E-state index < -0.39 is 66.8 Å². The molecule has 0 bridgehead atoms. The van der Waals surface area contributed by atoms with Gasteiger partial charge in [-0.25, -0.2) is 0 Å². The first-order valence-electron chi connectivity index (χ1n) is 13.8. The zero-order chi connectivity index (χ0) is 29.3. The molecular weight excluding hydrogens is 556 g/mol. The average molecular weight is 589 g/mol. The van der Waals surface area contributed by atoms with Crippen molar-refractivity contribution in [1.29, 1.82) is 0 Å². The third kappa shape index (κ3) is 4.26. The molecular formula is C29H32O13. The van der Waals surface area contributed by atoms with Crippen LogP contribution in [-0.4, -0.2) is 92.5 Å². The van der Waals surface area contributed by atoms with E-state index in [2.05, 4.69) is 0 Å². The molecule has 1 aliphatic carbocycles. The highest BCUT2D eigenvalue weighted by atomic mass is 16.8. The number of benzene rings is 2. The number of aromatic hydroxyl groups is 1. The van der Waals surface area contributed by atoms with Crippen LogP contribution in [0.25, 0.3) is 0 Å². The van der Waals surface area contributed by atoms with Crippen molar-refractivity contribution < 1.29 is 62.7 Å². The van der Waals surface area contributed by atoms with Gasteiger partial charge in [0.1, 0.15) is 24.4 Å². The summed E-state index contributed by atoms with van der Waals surface area (Å²) in [6, 6.07) is 6.93. The number of hydrogen-bond acceptors (Lipinski definition) is 13. The van der Waals surface area contributed by atoms with E-state index in [4.69, 9.17) is 42.6 Å². The van der Waals surface area contributed by atoms with Crippen molar-refractivity contribution in [3.63, 3.8) is 0 Å². The normalized spacial score (nSPS) is 36.5. The zero-order valence-electron chi connectivity index (χ0n) is 23.1. The third-order valence-electron chi connectivity index (χ3n) is 8.75. The van der Waals surface area contributed by atoms with Gasteiger partial charge in [-0.05, 0) is 47.9 Å². The van der Waals surface area contributed by atoms with Gasteiger partial charge in [0.2, 0.25) is 12.5 Å². The molecule has 3 N–H and O–H groups in total. The Bertz CT molecular complexity index is 1350. The van der Waals surface area contributed by atoms with Gasteiger partial charge >= 0.3 is 5.97 Å². The first-order valence-corrected chi connectivity index (χ1v) is 13.8. The number of methoxy groups -OCH3 is 2. The van der Waals surface area contributed by atoms with E-state index >= 15 is 0 Å². The Balaban J connectivity index is 1.32. The molecule has 13 nitrogen and oxygen atoms in total. The van der Waals surface area contributed by atoms with E-state index in [0.717, 1.165) is 0 Å². The molecule has 4 heterocycles. The largest absolute Gasteiger partial charge is 0.502 e. The standard InChI is InChI=1S/C29H32O13/c1-11-36-9-20-27(40-11)24(31)25(32)29(41-20)42-26-14-7-17-16(38-10-39-17)6-13(14)21(22-15(26)8-37-28(22)33)12-4-18(34-2)23(30)19(5-12)35-3/h4-7,11,15,20-22,24-27,29-32H,8-10H2,1-3H3/t11?,15?,20-,21-,22?,24-,25-,26-,27+,29+/m1/s1. The van der Waals surface area contributed by atoms with Gasteiger partial charge in [0.25, 0.3) is 0 Å². The fourth-order valence-corrected chi connectivity index (χ4v) is 6.74. The second kappa shape index (κ2) is 10.4. The second-order valence-corrected chi connectivity index (χ2v) is 11.0. The maximum Gasteiger partial charge on any atom is 0.310 e. The summed E-state index contributed by atoms with van der Waals surface area (Å²) in [6.45, 7) is 1.93. The van der Waals surface area contributed by atoms with Crippen molar-refractivity contribution in [1.82, 2.24) is 0 Å². The Morgan fingerprint density at radius 2 is 1.57 bits per heavy atom. The highest BCUT2D eigenvalue weighted by Crippen LogP contribution is 2.57. The van der Waals surface area contributed by atoms with Crippen LogP contribution in [0.15, 0.2) is 24.3 Å². The lowest BCUT2D eigenvalue weighted by molar-refractivity contribution is -0.364. The van der Waals surface area contributed by atoms with Crippen LogP contribution in [0.4, 0.5) is 0 Å². The van der Waals surface area contributed by atoms with E-state index in [0.29, 0.717) is 28.2 Å². The highest BCUT2D eigenvalue weighted by Gasteiger charge is 2.56. The molecule has 10 atom stereocenters. The van der Waals surface area contributed by atoms with Gasteiger partial charge in [-0.15, -0.1) is 0 Å². The smallest absolute Gasteiger partial charge is 0.310 e. The van der Waals surface area contributed by atoms with Gasteiger partial charge < -0.3 is 58.0 Å². The van der Waals surface area contributed by atoms with E-state index in [1.807, 2.05) is 0 Å². The molecule has 13 heteroatoms. The minimum absolute atomic E-state index is 0.0301. The van der Waals surface area contributed by atoms with Crippen LogP contribution in [0, 0.1) is 11.8 Å². The van der Waals surface area contributed by atoms with Gasteiger partial charge in [-0.2, -0.15) is 0 Å². The Morgan fingerprint density at radius 1 is 0.881 bits per heavy atom. The van der Waals surface area contributed by atoms with Crippen LogP contribution in [-0.2, 0) is 28.5 Å². The summed E-state index contributed by atoms with van der Waals surface area (Å²) < 4.78 is 51.5. The number of phenolic OH excluding ortho intramolecular Hbond substituents is 1. The van der Waals surface area contributed by atoms with E-state index in [1.165, 1.54) is 14.2 Å². The number of rotatable bonds is 5. The monoisotopic (exact) mass is 588 g/mol. The predicted molar refractivity (Wildman–Crippen MR) is 138 cm³/mol. The lowest BCUT2D eigenvalue weighted by atomic mass is 9.66. The Hall–Kier alpha value is -3.33. The van der Waals surface area contributed by atoms with Crippen molar-refractivity contribution in [3.05, 3.63) is 41.0 Å². The summed E-state index contributed by atoms with van der Waals surface area (Å²) in [5.41, 5.74) is 2.01. The first kappa shape index (κ1) is 27.5. The maximum absolute atomic E-state index is 13.4. The molecule has 3 fully saturated rings. The summed E-state index contributed by atoms with van der Waals surface area (Å²) in [5.74, 6) is -1.02. The highest BCUT2D eigenvalue weighted by molar-refractivity contribution is 5.79. The van der Waals surface area contributed by atoms with Crippen molar-refractivity contribution >= 4 is 5.97 Å². The van der Waals surface area contributed by atoms with Crippen molar-refractivity contribution in [2.45, 2.75) is 55.9 Å². The molecule has 2 aromatic carbocycles. The Morgan fingerprint density at radius 3 is 2.26 bits per heavy atom. The third-order valence-corrected chi connectivity index (χ3v) is 8.75. The molecule has 226 valence electrons. The van der Waals surface area contributed by atoms with Crippen LogP contribution in [0.2, 0.25) is 0 Å². The van der Waals surface area contributed by atoms with Crippen LogP contribution < -0.4 is 18.9 Å². The molecule has 0 spiro atoms. The quantitative estimate of drug-likeness (QED) is 0.430. The minimum atomic E-state index is -1.44. The van der Waals surface area contributed by atoms with Crippen LogP contribution >= 0.6 is 0 Å². The Labute approximate surface area is 240 Å². The van der Waals surface area contributed by atoms with Crippen molar-refractivity contribution in [2.75, 3.05) is 34.2 Å². The summed E-state index contributed by atoms with van der Waals surface area (Å²) in [5, 5.41) is 32.5. The number of aliphatic hydroxyl groups is 2. The fraction of sp³-hybridized carbons (Fsp3) is 0.552. The zero-order valence-corrected chi connectivity index (χ0v) is 23.1.